The van der Waals surface area contributed by atoms with Crippen molar-refractivity contribution in [3.63, 3.8) is 0 Å². The van der Waals surface area contributed by atoms with Crippen molar-refractivity contribution >= 4 is 5.91 Å². The van der Waals surface area contributed by atoms with Crippen LogP contribution in [0, 0.1) is 0 Å². The average molecular weight is 245 g/mol. The SMILES string of the molecule is CCCN(C(=O)C(F)(F)C(F)(F)F)C1CC1. The average Bonchev–Trinajstić information content (AvgIpc) is 2.94. The van der Waals surface area contributed by atoms with Crippen molar-refractivity contribution in [3.8, 4) is 0 Å². The van der Waals surface area contributed by atoms with Gasteiger partial charge in [0, 0.05) is 12.6 Å². The summed E-state index contributed by atoms with van der Waals surface area (Å²) in [5, 5.41) is 0. The monoisotopic (exact) mass is 245 g/mol. The fraction of sp³-hybridized carbons (Fsp3) is 0.889. The molecule has 1 rings (SSSR count). The maximum Gasteiger partial charge on any atom is 0.463 e. The fourth-order valence-corrected chi connectivity index (χ4v) is 1.38. The topological polar surface area (TPSA) is 20.3 Å². The molecule has 0 spiro atoms. The summed E-state index contributed by atoms with van der Waals surface area (Å²) in [4.78, 5) is 11.8. The van der Waals surface area contributed by atoms with Gasteiger partial charge in [-0.25, -0.2) is 0 Å². The van der Waals surface area contributed by atoms with Crippen LogP contribution in [0.1, 0.15) is 26.2 Å². The van der Waals surface area contributed by atoms with Gasteiger partial charge in [0.25, 0.3) is 0 Å². The fourth-order valence-electron chi connectivity index (χ4n) is 1.38. The van der Waals surface area contributed by atoms with Crippen LogP contribution in [0.3, 0.4) is 0 Å². The number of carbonyl (C=O) groups excluding carboxylic acids is 1. The minimum Gasteiger partial charge on any atom is -0.334 e. The van der Waals surface area contributed by atoms with Crippen molar-refractivity contribution in [2.45, 2.75) is 44.3 Å². The van der Waals surface area contributed by atoms with Crippen LogP contribution in [-0.4, -0.2) is 35.5 Å². The largest absolute Gasteiger partial charge is 0.463 e. The molecule has 0 unspecified atom stereocenters. The van der Waals surface area contributed by atoms with Gasteiger partial charge in [0.05, 0.1) is 0 Å². The number of nitrogens with zero attached hydrogens (tertiary/aromatic N) is 1. The Labute approximate surface area is 89.4 Å². The maximum absolute atomic E-state index is 12.8. The van der Waals surface area contributed by atoms with Crippen LogP contribution in [0.4, 0.5) is 22.0 Å². The molecular formula is C9H12F5NO. The Kier molecular flexibility index (Phi) is 3.44. The van der Waals surface area contributed by atoms with Crippen molar-refractivity contribution in [1.82, 2.24) is 4.90 Å². The van der Waals surface area contributed by atoms with Gasteiger partial charge in [0.1, 0.15) is 0 Å². The smallest absolute Gasteiger partial charge is 0.334 e. The molecule has 0 saturated heterocycles. The molecule has 16 heavy (non-hydrogen) atoms. The summed E-state index contributed by atoms with van der Waals surface area (Å²) in [5.74, 6) is -7.39. The lowest BCUT2D eigenvalue weighted by molar-refractivity contribution is -0.274. The predicted octanol–water partition coefficient (Wildman–Crippen LogP) is 2.59. The molecule has 94 valence electrons. The van der Waals surface area contributed by atoms with Crippen LogP contribution in [-0.2, 0) is 4.79 Å². The first-order chi connectivity index (χ1) is 7.21. The highest BCUT2D eigenvalue weighted by molar-refractivity contribution is 5.85. The maximum atomic E-state index is 12.8. The Hall–Kier alpha value is -0.880. The summed E-state index contributed by atoms with van der Waals surface area (Å²) in [5.41, 5.74) is 0. The normalized spacial score (nSPS) is 17.4. The van der Waals surface area contributed by atoms with Gasteiger partial charge in [-0.3, -0.25) is 4.79 Å². The minimum absolute atomic E-state index is 0.0603. The van der Waals surface area contributed by atoms with Gasteiger partial charge in [-0.15, -0.1) is 0 Å². The van der Waals surface area contributed by atoms with Crippen LogP contribution < -0.4 is 0 Å². The van der Waals surface area contributed by atoms with E-state index in [0.717, 1.165) is 0 Å². The van der Waals surface area contributed by atoms with Gasteiger partial charge >= 0.3 is 18.0 Å². The van der Waals surface area contributed by atoms with Gasteiger partial charge in [-0.1, -0.05) is 6.92 Å². The third kappa shape index (κ3) is 2.44. The highest BCUT2D eigenvalue weighted by atomic mass is 19.4. The Morgan fingerprint density at radius 1 is 1.25 bits per heavy atom. The Morgan fingerprint density at radius 2 is 1.75 bits per heavy atom. The molecule has 7 heteroatoms. The molecule has 1 aliphatic carbocycles. The van der Waals surface area contributed by atoms with Crippen LogP contribution in [0.5, 0.6) is 0 Å². The second-order valence-corrected chi connectivity index (χ2v) is 3.80. The van der Waals surface area contributed by atoms with Crippen LogP contribution in [0.15, 0.2) is 0 Å². The molecule has 0 N–H and O–H groups in total. The Bertz CT molecular complexity index is 272. The number of hydrogen-bond donors (Lipinski definition) is 0. The molecule has 0 aromatic carbocycles. The Morgan fingerprint density at radius 3 is 2.06 bits per heavy atom. The molecule has 0 aromatic heterocycles. The molecule has 0 aliphatic heterocycles. The summed E-state index contributed by atoms with van der Waals surface area (Å²) in [7, 11) is 0. The molecule has 1 fully saturated rings. The zero-order chi connectivity index (χ0) is 12.6. The minimum atomic E-state index is -5.81. The third-order valence-corrected chi connectivity index (χ3v) is 2.34. The molecule has 0 aromatic rings. The number of alkyl halides is 5. The van der Waals surface area contributed by atoms with E-state index in [1.165, 1.54) is 0 Å². The molecule has 0 atom stereocenters. The summed E-state index contributed by atoms with van der Waals surface area (Å²) < 4.78 is 61.5. The van der Waals surface area contributed by atoms with Crippen molar-refractivity contribution in [2.24, 2.45) is 0 Å². The predicted molar refractivity (Wildman–Crippen MR) is 46.0 cm³/mol. The second kappa shape index (κ2) is 4.18. The molecule has 1 amide bonds. The van der Waals surface area contributed by atoms with E-state index >= 15 is 0 Å². The van der Waals surface area contributed by atoms with E-state index in [-0.39, 0.29) is 6.54 Å². The first kappa shape index (κ1) is 13.2. The molecule has 1 aliphatic rings. The number of carbonyl (C=O) groups is 1. The van der Waals surface area contributed by atoms with E-state index in [0.29, 0.717) is 24.2 Å². The van der Waals surface area contributed by atoms with Crippen LogP contribution in [0.25, 0.3) is 0 Å². The van der Waals surface area contributed by atoms with Crippen molar-refractivity contribution in [3.05, 3.63) is 0 Å². The van der Waals surface area contributed by atoms with Gasteiger partial charge in [-0.05, 0) is 19.3 Å². The number of amides is 1. The molecule has 0 radical (unpaired) electrons. The standard InChI is InChI=1S/C9H12F5NO/c1-2-5-15(6-3-4-6)7(16)8(10,11)9(12,13)14/h6H,2-5H2,1H3. The van der Waals surface area contributed by atoms with Crippen LogP contribution in [0.2, 0.25) is 0 Å². The van der Waals surface area contributed by atoms with Crippen molar-refractivity contribution in [2.75, 3.05) is 6.54 Å². The molecular weight excluding hydrogens is 233 g/mol. The summed E-state index contributed by atoms with van der Waals surface area (Å²) in [6, 6.07) is -0.444. The van der Waals surface area contributed by atoms with Gasteiger partial charge in [0.15, 0.2) is 0 Å². The molecule has 0 heterocycles. The van der Waals surface area contributed by atoms with E-state index in [1.54, 1.807) is 6.92 Å². The summed E-state index contributed by atoms with van der Waals surface area (Å²) in [6.45, 7) is 1.56. The summed E-state index contributed by atoms with van der Waals surface area (Å²) >= 11 is 0. The summed E-state index contributed by atoms with van der Waals surface area (Å²) in [6.07, 6.45) is -4.46. The first-order valence-corrected chi connectivity index (χ1v) is 4.97. The molecule has 0 bridgehead atoms. The Balaban J connectivity index is 2.81. The van der Waals surface area contributed by atoms with E-state index in [1.807, 2.05) is 0 Å². The highest BCUT2D eigenvalue weighted by Crippen LogP contribution is 2.39. The van der Waals surface area contributed by atoms with Crippen molar-refractivity contribution in [1.29, 1.82) is 0 Å². The third-order valence-electron chi connectivity index (χ3n) is 2.34. The van der Waals surface area contributed by atoms with E-state index in [4.69, 9.17) is 0 Å². The zero-order valence-corrected chi connectivity index (χ0v) is 8.65. The number of halogens is 5. The number of hydrogen-bond acceptors (Lipinski definition) is 1. The first-order valence-electron chi connectivity index (χ1n) is 4.97. The van der Waals surface area contributed by atoms with Gasteiger partial charge in [0.2, 0.25) is 0 Å². The lowest BCUT2D eigenvalue weighted by Gasteiger charge is -2.27. The molecule has 1 saturated carbocycles. The zero-order valence-electron chi connectivity index (χ0n) is 8.65. The van der Waals surface area contributed by atoms with Gasteiger partial charge in [-0.2, -0.15) is 22.0 Å². The quantitative estimate of drug-likeness (QED) is 0.697. The molecule has 2 nitrogen and oxygen atoms in total. The second-order valence-electron chi connectivity index (χ2n) is 3.80. The lowest BCUT2D eigenvalue weighted by atomic mass is 10.2. The van der Waals surface area contributed by atoms with E-state index in [2.05, 4.69) is 0 Å². The van der Waals surface area contributed by atoms with Crippen LogP contribution >= 0.6 is 0 Å². The highest BCUT2D eigenvalue weighted by Gasteiger charge is 2.65. The number of rotatable bonds is 4. The van der Waals surface area contributed by atoms with Crippen molar-refractivity contribution < 1.29 is 26.7 Å². The van der Waals surface area contributed by atoms with E-state index < -0.39 is 24.0 Å². The lowest BCUT2D eigenvalue weighted by Crippen LogP contribution is -2.53. The van der Waals surface area contributed by atoms with E-state index in [9.17, 15) is 26.7 Å². The van der Waals surface area contributed by atoms with Gasteiger partial charge < -0.3 is 4.90 Å².